The Bertz CT molecular complexity index is 201. The van der Waals surface area contributed by atoms with E-state index in [-0.39, 0.29) is 13.0 Å². The number of carbonyl (C=O) groups excluding carboxylic acids is 1. The molecular weight excluding hydrogens is 240 g/mol. The Morgan fingerprint density at radius 3 is 2.56 bits per heavy atom. The highest BCUT2D eigenvalue weighted by atomic mass is 16.7. The Morgan fingerprint density at radius 1 is 1.33 bits per heavy atom. The molecule has 1 rings (SSSR count). The molecule has 18 heavy (non-hydrogen) atoms. The lowest BCUT2D eigenvalue weighted by atomic mass is 10.0. The second-order valence-electron chi connectivity index (χ2n) is 4.16. The van der Waals surface area contributed by atoms with E-state index < -0.39 is 24.6 Å². The number of hydrogen-bond donors (Lipinski definition) is 3. The first-order valence-electron chi connectivity index (χ1n) is 6.22. The van der Waals surface area contributed by atoms with Crippen LogP contribution >= 0.6 is 0 Å². The lowest BCUT2D eigenvalue weighted by Crippen LogP contribution is -2.50. The van der Waals surface area contributed by atoms with E-state index in [1.54, 1.807) is 0 Å². The van der Waals surface area contributed by atoms with Crippen molar-refractivity contribution in [1.82, 2.24) is 0 Å². The molecule has 0 aliphatic carbocycles. The molecule has 0 aromatic rings. The van der Waals surface area contributed by atoms with Crippen molar-refractivity contribution in [3.05, 3.63) is 0 Å². The van der Waals surface area contributed by atoms with Crippen LogP contribution < -0.4 is 0 Å². The maximum absolute atomic E-state index is 9.53. The zero-order valence-electron chi connectivity index (χ0n) is 10.8. The second-order valence-corrected chi connectivity index (χ2v) is 4.16. The van der Waals surface area contributed by atoms with Crippen LogP contribution in [0.5, 0.6) is 0 Å². The van der Waals surface area contributed by atoms with Crippen molar-refractivity contribution in [2.24, 2.45) is 0 Å². The number of ether oxygens (including phenoxy) is 2. The highest BCUT2D eigenvalue weighted by Crippen LogP contribution is 2.21. The van der Waals surface area contributed by atoms with E-state index in [9.17, 15) is 10.2 Å². The molecule has 4 atom stereocenters. The van der Waals surface area contributed by atoms with Crippen molar-refractivity contribution in [3.63, 3.8) is 0 Å². The predicted octanol–water partition coefficient (Wildman–Crippen LogP) is -0.163. The van der Waals surface area contributed by atoms with Gasteiger partial charge in [0.15, 0.2) is 6.29 Å². The molecule has 1 heterocycles. The van der Waals surface area contributed by atoms with Crippen LogP contribution in [0.25, 0.3) is 0 Å². The van der Waals surface area contributed by atoms with Gasteiger partial charge < -0.3 is 29.6 Å². The molecule has 0 spiro atoms. The predicted molar refractivity (Wildman–Crippen MR) is 65.0 cm³/mol. The van der Waals surface area contributed by atoms with Gasteiger partial charge >= 0.3 is 0 Å². The van der Waals surface area contributed by atoms with Crippen LogP contribution in [0.4, 0.5) is 0 Å². The van der Waals surface area contributed by atoms with E-state index in [4.69, 9.17) is 19.4 Å². The van der Waals surface area contributed by atoms with Crippen LogP contribution in [-0.2, 0) is 14.3 Å². The largest absolute Gasteiger partial charge is 0.394 e. The van der Waals surface area contributed by atoms with E-state index in [0.717, 1.165) is 19.3 Å². The molecule has 1 aliphatic heterocycles. The number of carbonyl (C=O) groups is 1. The smallest absolute Gasteiger partial charge is 0.160 e. The lowest BCUT2D eigenvalue weighted by Gasteiger charge is -2.36. The van der Waals surface area contributed by atoms with Gasteiger partial charge in [-0.1, -0.05) is 19.8 Å². The lowest BCUT2D eigenvalue weighted by molar-refractivity contribution is -0.256. The Balaban J connectivity index is 0.00000137. The molecule has 6 heteroatoms. The average Bonchev–Trinajstić information content (AvgIpc) is 2.41. The molecule has 1 fully saturated rings. The van der Waals surface area contributed by atoms with Crippen LogP contribution in [0.2, 0.25) is 0 Å². The van der Waals surface area contributed by atoms with Crippen LogP contribution in [0.3, 0.4) is 0 Å². The molecular formula is C12H24O6. The highest BCUT2D eigenvalue weighted by molar-refractivity contribution is 5.10. The van der Waals surface area contributed by atoms with Gasteiger partial charge in [-0.25, -0.2) is 0 Å². The van der Waals surface area contributed by atoms with Gasteiger partial charge in [0.25, 0.3) is 0 Å². The third kappa shape index (κ3) is 5.88. The molecule has 0 radical (unpaired) electrons. The molecule has 3 N–H and O–H groups in total. The number of rotatable bonds is 6. The van der Waals surface area contributed by atoms with Gasteiger partial charge in [-0.3, -0.25) is 0 Å². The van der Waals surface area contributed by atoms with Gasteiger partial charge in [-0.2, -0.15) is 0 Å². The fourth-order valence-corrected chi connectivity index (χ4v) is 1.74. The fraction of sp³-hybridized carbons (Fsp3) is 0.917. The van der Waals surface area contributed by atoms with E-state index in [1.807, 2.05) is 6.79 Å². The van der Waals surface area contributed by atoms with Crippen molar-refractivity contribution in [3.8, 4) is 0 Å². The monoisotopic (exact) mass is 264 g/mol. The summed E-state index contributed by atoms with van der Waals surface area (Å²) in [6.45, 7) is 4.38. The van der Waals surface area contributed by atoms with Crippen LogP contribution in [0.1, 0.15) is 32.6 Å². The molecule has 1 saturated heterocycles. The molecule has 0 amide bonds. The fourth-order valence-electron chi connectivity index (χ4n) is 1.74. The summed E-state index contributed by atoms with van der Waals surface area (Å²) < 4.78 is 10.7. The summed E-state index contributed by atoms with van der Waals surface area (Å²) in [7, 11) is 0. The number of unbranched alkanes of at least 4 members (excludes halogenated alkanes) is 2. The maximum atomic E-state index is 9.53. The Kier molecular flexibility index (Phi) is 10.1. The van der Waals surface area contributed by atoms with Gasteiger partial charge in [0, 0.05) is 13.0 Å². The summed E-state index contributed by atoms with van der Waals surface area (Å²) >= 11 is 0. The van der Waals surface area contributed by atoms with Crippen LogP contribution in [0.15, 0.2) is 0 Å². The summed E-state index contributed by atoms with van der Waals surface area (Å²) in [5, 5.41) is 28.0. The third-order valence-electron chi connectivity index (χ3n) is 2.77. The first-order valence-corrected chi connectivity index (χ1v) is 6.22. The topological polar surface area (TPSA) is 96.2 Å². The Morgan fingerprint density at radius 2 is 2.00 bits per heavy atom. The summed E-state index contributed by atoms with van der Waals surface area (Å²) in [6.07, 6.45) is 0.245. The number of hydrogen-bond acceptors (Lipinski definition) is 6. The van der Waals surface area contributed by atoms with Crippen molar-refractivity contribution in [1.29, 1.82) is 0 Å². The summed E-state index contributed by atoms with van der Waals surface area (Å²) in [5.41, 5.74) is 0. The molecule has 0 aromatic heterocycles. The summed E-state index contributed by atoms with van der Waals surface area (Å²) in [5.74, 6) is 0. The minimum absolute atomic E-state index is 0.254. The molecule has 4 unspecified atom stereocenters. The van der Waals surface area contributed by atoms with Crippen LogP contribution in [-0.4, -0.2) is 59.9 Å². The first-order chi connectivity index (χ1) is 8.69. The molecule has 6 nitrogen and oxygen atoms in total. The van der Waals surface area contributed by atoms with Crippen LogP contribution in [0, 0.1) is 0 Å². The van der Waals surface area contributed by atoms with E-state index in [2.05, 4.69) is 6.92 Å². The minimum atomic E-state index is -1.03. The summed E-state index contributed by atoms with van der Waals surface area (Å²) in [4.78, 5) is 8.00. The molecule has 0 saturated carbocycles. The molecule has 1 aliphatic rings. The van der Waals surface area contributed by atoms with E-state index >= 15 is 0 Å². The van der Waals surface area contributed by atoms with Gasteiger partial charge in [0.2, 0.25) is 0 Å². The minimum Gasteiger partial charge on any atom is -0.394 e. The normalized spacial score (nSPS) is 31.6. The Hall–Kier alpha value is -0.530. The van der Waals surface area contributed by atoms with Gasteiger partial charge in [-0.15, -0.1) is 0 Å². The average molecular weight is 264 g/mol. The van der Waals surface area contributed by atoms with Gasteiger partial charge in [0.05, 0.1) is 12.7 Å². The number of aliphatic hydroxyl groups excluding tert-OH is 3. The zero-order chi connectivity index (χ0) is 14.0. The van der Waals surface area contributed by atoms with Crippen molar-refractivity contribution in [2.75, 3.05) is 13.2 Å². The van der Waals surface area contributed by atoms with E-state index in [0.29, 0.717) is 6.61 Å². The van der Waals surface area contributed by atoms with Crippen molar-refractivity contribution >= 4 is 6.79 Å². The quantitative estimate of drug-likeness (QED) is 0.577. The Labute approximate surface area is 108 Å². The maximum Gasteiger partial charge on any atom is 0.160 e. The summed E-state index contributed by atoms with van der Waals surface area (Å²) in [6, 6.07) is 0. The molecule has 0 aromatic carbocycles. The van der Waals surface area contributed by atoms with E-state index in [1.165, 1.54) is 0 Å². The van der Waals surface area contributed by atoms with Crippen molar-refractivity contribution in [2.45, 2.75) is 57.2 Å². The van der Waals surface area contributed by atoms with Crippen molar-refractivity contribution < 1.29 is 29.6 Å². The zero-order valence-corrected chi connectivity index (χ0v) is 10.8. The standard InChI is InChI=1S/C11H22O5.CH2O/c1-2-3-4-5-15-10-6-8(13)11(14)9(7-12)16-10;1-2/h8-14H,2-7H2,1H3;1H2. The molecule has 108 valence electrons. The molecule has 0 bridgehead atoms. The van der Waals surface area contributed by atoms with Gasteiger partial charge in [0.1, 0.15) is 19.0 Å². The second kappa shape index (κ2) is 10.4. The first kappa shape index (κ1) is 17.5. The number of aliphatic hydroxyl groups is 3. The van der Waals surface area contributed by atoms with Gasteiger partial charge in [-0.05, 0) is 6.42 Å². The SMILES string of the molecule is C=O.CCCCCOC1CC(O)C(O)C(CO)O1. The highest BCUT2D eigenvalue weighted by Gasteiger charge is 2.36. The third-order valence-corrected chi connectivity index (χ3v) is 2.77.